The fourth-order valence-electron chi connectivity index (χ4n) is 1.05. The van der Waals surface area contributed by atoms with E-state index in [0.717, 1.165) is 17.4 Å². The molecule has 0 amide bonds. The van der Waals surface area contributed by atoms with E-state index in [1.165, 1.54) is 0 Å². The molecule has 0 spiro atoms. The van der Waals surface area contributed by atoms with Crippen LogP contribution in [0.3, 0.4) is 0 Å². The third-order valence-corrected chi connectivity index (χ3v) is 2.02. The highest BCUT2D eigenvalue weighted by Crippen LogP contribution is 2.10. The molecule has 0 unspecified atom stereocenters. The molecular formula is C12H17N3. The van der Waals surface area contributed by atoms with Gasteiger partial charge in [-0.15, -0.1) is 0 Å². The monoisotopic (exact) mass is 203 g/mol. The number of benzene rings is 1. The zero-order valence-corrected chi connectivity index (χ0v) is 9.73. The molecule has 3 heteroatoms. The van der Waals surface area contributed by atoms with Gasteiger partial charge in [-0.05, 0) is 26.0 Å². The molecule has 3 nitrogen and oxygen atoms in total. The Morgan fingerprint density at radius 2 is 1.67 bits per heavy atom. The number of hydrogen-bond donors (Lipinski definition) is 0. The average Bonchev–Trinajstić information content (AvgIpc) is 2.18. The Balaban J connectivity index is 2.82. The summed E-state index contributed by atoms with van der Waals surface area (Å²) in [6.07, 6.45) is 0. The Bertz CT molecular complexity index is 364. The van der Waals surface area contributed by atoms with E-state index >= 15 is 0 Å². The number of nitrogens with zero attached hydrogens (tertiary/aromatic N) is 3. The molecule has 0 saturated carbocycles. The van der Waals surface area contributed by atoms with Gasteiger partial charge in [0.25, 0.3) is 0 Å². The fourth-order valence-corrected chi connectivity index (χ4v) is 1.05. The first-order valence-electron chi connectivity index (χ1n) is 4.92. The quantitative estimate of drug-likeness (QED) is 0.509. The molecule has 0 fully saturated rings. The number of rotatable bonds is 1. The van der Waals surface area contributed by atoms with Crippen molar-refractivity contribution in [3.05, 3.63) is 30.3 Å². The van der Waals surface area contributed by atoms with Gasteiger partial charge in [0, 0.05) is 14.1 Å². The van der Waals surface area contributed by atoms with Crippen molar-refractivity contribution in [2.45, 2.75) is 13.8 Å². The summed E-state index contributed by atoms with van der Waals surface area (Å²) in [7, 11) is 3.93. The lowest BCUT2D eigenvalue weighted by atomic mass is 10.3. The molecule has 0 saturated heterocycles. The summed E-state index contributed by atoms with van der Waals surface area (Å²) in [6, 6.07) is 9.83. The van der Waals surface area contributed by atoms with Crippen molar-refractivity contribution in [1.82, 2.24) is 4.90 Å². The van der Waals surface area contributed by atoms with E-state index in [0.29, 0.717) is 0 Å². The zero-order chi connectivity index (χ0) is 11.3. The zero-order valence-electron chi connectivity index (χ0n) is 9.73. The van der Waals surface area contributed by atoms with Crippen LogP contribution in [0.5, 0.6) is 0 Å². The molecule has 0 bridgehead atoms. The lowest BCUT2D eigenvalue weighted by Crippen LogP contribution is -2.19. The second-order valence-electron chi connectivity index (χ2n) is 3.55. The molecule has 0 radical (unpaired) electrons. The van der Waals surface area contributed by atoms with Crippen molar-refractivity contribution in [2.75, 3.05) is 14.1 Å². The summed E-state index contributed by atoms with van der Waals surface area (Å²) in [5.41, 5.74) is 0.935. The van der Waals surface area contributed by atoms with Crippen LogP contribution in [0.15, 0.2) is 40.3 Å². The van der Waals surface area contributed by atoms with Gasteiger partial charge in [0.1, 0.15) is 11.7 Å². The standard InChI is InChI=1S/C12H17N3/c1-10(13-11(2)15(3)4)14-12-8-6-5-7-9-12/h5-9H,1-4H3. The number of hydrogen-bond acceptors (Lipinski definition) is 1. The van der Waals surface area contributed by atoms with Gasteiger partial charge in [-0.2, -0.15) is 0 Å². The molecule has 15 heavy (non-hydrogen) atoms. The number of aliphatic imine (C=N–C) groups is 2. The summed E-state index contributed by atoms with van der Waals surface area (Å²) >= 11 is 0. The van der Waals surface area contributed by atoms with Crippen LogP contribution in [0, 0.1) is 0 Å². The van der Waals surface area contributed by atoms with Crippen LogP contribution in [0.2, 0.25) is 0 Å². The molecule has 0 aliphatic heterocycles. The van der Waals surface area contributed by atoms with Crippen LogP contribution in [0.25, 0.3) is 0 Å². The van der Waals surface area contributed by atoms with Crippen molar-refractivity contribution >= 4 is 17.4 Å². The first-order chi connectivity index (χ1) is 7.09. The minimum atomic E-state index is 0.771. The summed E-state index contributed by atoms with van der Waals surface area (Å²) in [6.45, 7) is 3.87. The van der Waals surface area contributed by atoms with Gasteiger partial charge in [-0.3, -0.25) is 0 Å². The summed E-state index contributed by atoms with van der Waals surface area (Å²) in [5.74, 6) is 1.72. The molecule has 80 valence electrons. The van der Waals surface area contributed by atoms with E-state index in [9.17, 15) is 0 Å². The first-order valence-corrected chi connectivity index (χ1v) is 4.92. The van der Waals surface area contributed by atoms with Gasteiger partial charge >= 0.3 is 0 Å². The minimum Gasteiger partial charge on any atom is -0.366 e. The highest BCUT2D eigenvalue weighted by atomic mass is 15.1. The number of amidine groups is 2. The molecule has 0 aliphatic rings. The molecule has 1 aromatic rings. The lowest BCUT2D eigenvalue weighted by Gasteiger charge is -2.10. The summed E-state index contributed by atoms with van der Waals surface area (Å²) in [4.78, 5) is 10.7. The Labute approximate surface area is 91.2 Å². The summed E-state index contributed by atoms with van der Waals surface area (Å²) < 4.78 is 0. The highest BCUT2D eigenvalue weighted by Gasteiger charge is 1.94. The van der Waals surface area contributed by atoms with Crippen molar-refractivity contribution < 1.29 is 0 Å². The molecule has 0 atom stereocenters. The van der Waals surface area contributed by atoms with E-state index in [2.05, 4.69) is 9.98 Å². The van der Waals surface area contributed by atoms with Gasteiger partial charge in [-0.1, -0.05) is 18.2 Å². The molecule has 0 aromatic heterocycles. The van der Waals surface area contributed by atoms with Crippen molar-refractivity contribution in [3.8, 4) is 0 Å². The van der Waals surface area contributed by atoms with E-state index in [-0.39, 0.29) is 0 Å². The third-order valence-electron chi connectivity index (χ3n) is 2.02. The van der Waals surface area contributed by atoms with Crippen LogP contribution < -0.4 is 0 Å². The van der Waals surface area contributed by atoms with Crippen molar-refractivity contribution in [2.24, 2.45) is 9.98 Å². The van der Waals surface area contributed by atoms with Crippen molar-refractivity contribution in [3.63, 3.8) is 0 Å². The van der Waals surface area contributed by atoms with E-state index in [1.54, 1.807) is 0 Å². The normalized spacial score (nSPS) is 12.8. The Kier molecular flexibility index (Phi) is 4.03. The second kappa shape index (κ2) is 5.29. The van der Waals surface area contributed by atoms with E-state index in [4.69, 9.17) is 0 Å². The van der Waals surface area contributed by atoms with E-state index < -0.39 is 0 Å². The van der Waals surface area contributed by atoms with Gasteiger partial charge in [0.15, 0.2) is 0 Å². The SMILES string of the molecule is CC(=Nc1ccccc1)N=C(C)N(C)C. The maximum atomic E-state index is 4.38. The molecule has 1 aromatic carbocycles. The summed E-state index contributed by atoms with van der Waals surface area (Å²) in [5, 5.41) is 0. The smallest absolute Gasteiger partial charge is 0.127 e. The Morgan fingerprint density at radius 1 is 1.07 bits per heavy atom. The van der Waals surface area contributed by atoms with E-state index in [1.807, 2.05) is 63.2 Å². The maximum Gasteiger partial charge on any atom is 0.127 e. The topological polar surface area (TPSA) is 28.0 Å². The predicted molar refractivity (Wildman–Crippen MR) is 66.0 cm³/mol. The van der Waals surface area contributed by atoms with Crippen LogP contribution in [0.4, 0.5) is 5.69 Å². The molecule has 0 heterocycles. The minimum absolute atomic E-state index is 0.771. The lowest BCUT2D eigenvalue weighted by molar-refractivity contribution is 0.619. The maximum absolute atomic E-state index is 4.38. The van der Waals surface area contributed by atoms with Gasteiger partial charge in [-0.25, -0.2) is 9.98 Å². The highest BCUT2D eigenvalue weighted by molar-refractivity contribution is 5.95. The molecular weight excluding hydrogens is 186 g/mol. The largest absolute Gasteiger partial charge is 0.366 e. The predicted octanol–water partition coefficient (Wildman–Crippen LogP) is 2.72. The average molecular weight is 203 g/mol. The Morgan fingerprint density at radius 3 is 2.20 bits per heavy atom. The molecule has 1 rings (SSSR count). The van der Waals surface area contributed by atoms with Crippen LogP contribution in [-0.4, -0.2) is 30.7 Å². The third kappa shape index (κ3) is 3.94. The first kappa shape index (κ1) is 11.4. The Hall–Kier alpha value is -1.64. The molecule has 0 aliphatic carbocycles. The van der Waals surface area contributed by atoms with Gasteiger partial charge < -0.3 is 4.90 Å². The fraction of sp³-hybridized carbons (Fsp3) is 0.333. The second-order valence-corrected chi connectivity index (χ2v) is 3.55. The van der Waals surface area contributed by atoms with Crippen LogP contribution >= 0.6 is 0 Å². The van der Waals surface area contributed by atoms with Gasteiger partial charge in [0.2, 0.25) is 0 Å². The van der Waals surface area contributed by atoms with Crippen molar-refractivity contribution in [1.29, 1.82) is 0 Å². The number of para-hydroxylation sites is 1. The van der Waals surface area contributed by atoms with Crippen LogP contribution in [-0.2, 0) is 0 Å². The molecule has 0 N–H and O–H groups in total. The van der Waals surface area contributed by atoms with Crippen LogP contribution in [0.1, 0.15) is 13.8 Å². The van der Waals surface area contributed by atoms with Gasteiger partial charge in [0.05, 0.1) is 5.69 Å².